The molecule has 1 aromatic carbocycles. The minimum Gasteiger partial charge on any atom is -0.453 e. The van der Waals surface area contributed by atoms with Crippen LogP contribution >= 0.6 is 0 Å². The number of carbonyl (C=O) groups excluding carboxylic acids is 1. The molecule has 3 N–H and O–H groups in total. The quantitative estimate of drug-likeness (QED) is 0.756. The lowest BCUT2D eigenvalue weighted by Gasteiger charge is -2.20. The number of benzene rings is 1. The van der Waals surface area contributed by atoms with E-state index in [0.717, 1.165) is 30.9 Å². The number of anilines is 2. The van der Waals surface area contributed by atoms with E-state index in [-0.39, 0.29) is 12.1 Å². The fourth-order valence-corrected chi connectivity index (χ4v) is 2.10. The lowest BCUT2D eigenvalue weighted by atomic mass is 10.2. The maximum absolute atomic E-state index is 11.1. The van der Waals surface area contributed by atoms with E-state index in [2.05, 4.69) is 15.0 Å². The third-order valence-electron chi connectivity index (χ3n) is 2.97. The summed E-state index contributed by atoms with van der Waals surface area (Å²) < 4.78 is 4.58. The van der Waals surface area contributed by atoms with Crippen LogP contribution in [0, 0.1) is 0 Å². The Bertz CT molecular complexity index is 408. The predicted molar refractivity (Wildman–Crippen MR) is 67.0 cm³/mol. The zero-order valence-corrected chi connectivity index (χ0v) is 9.85. The number of nitrogen functional groups attached to an aromatic ring is 1. The number of nitrogens with one attached hydrogen (secondary N) is 1. The molecule has 0 bridgehead atoms. The molecule has 0 radical (unpaired) electrons. The molecule has 1 heterocycles. The van der Waals surface area contributed by atoms with E-state index in [9.17, 15) is 4.79 Å². The van der Waals surface area contributed by atoms with E-state index in [0.29, 0.717) is 0 Å². The van der Waals surface area contributed by atoms with Gasteiger partial charge in [-0.3, -0.25) is 0 Å². The molecular formula is C12H17N3O2. The average molecular weight is 235 g/mol. The number of nitrogens with two attached hydrogens (primary N) is 1. The molecule has 1 aliphatic heterocycles. The zero-order chi connectivity index (χ0) is 12.3. The van der Waals surface area contributed by atoms with Crippen LogP contribution < -0.4 is 16.0 Å². The zero-order valence-electron chi connectivity index (χ0n) is 9.85. The van der Waals surface area contributed by atoms with Gasteiger partial charge in [0, 0.05) is 13.1 Å². The van der Waals surface area contributed by atoms with Gasteiger partial charge in [-0.1, -0.05) is 12.1 Å². The first kappa shape index (κ1) is 11.6. The molecule has 1 aliphatic rings. The van der Waals surface area contributed by atoms with Crippen molar-refractivity contribution < 1.29 is 9.53 Å². The Morgan fingerprint density at radius 3 is 3.00 bits per heavy atom. The minimum absolute atomic E-state index is 0.127. The van der Waals surface area contributed by atoms with Gasteiger partial charge in [-0.05, 0) is 18.6 Å². The first-order chi connectivity index (χ1) is 8.20. The van der Waals surface area contributed by atoms with Crippen LogP contribution in [-0.2, 0) is 4.74 Å². The molecule has 0 aliphatic carbocycles. The highest BCUT2D eigenvalue weighted by Crippen LogP contribution is 2.26. The van der Waals surface area contributed by atoms with Gasteiger partial charge in [-0.2, -0.15) is 0 Å². The second-order valence-electron chi connectivity index (χ2n) is 4.13. The first-order valence-corrected chi connectivity index (χ1v) is 5.64. The van der Waals surface area contributed by atoms with Crippen molar-refractivity contribution in [2.45, 2.75) is 12.5 Å². The second kappa shape index (κ2) is 4.95. The number of ether oxygens (including phenoxy) is 1. The van der Waals surface area contributed by atoms with Gasteiger partial charge in [0.2, 0.25) is 0 Å². The largest absolute Gasteiger partial charge is 0.453 e. The topological polar surface area (TPSA) is 67.6 Å². The molecule has 0 aromatic heterocycles. The van der Waals surface area contributed by atoms with Crippen molar-refractivity contribution in [2.75, 3.05) is 30.8 Å². The van der Waals surface area contributed by atoms with Gasteiger partial charge in [0.05, 0.1) is 24.5 Å². The van der Waals surface area contributed by atoms with Gasteiger partial charge in [0.25, 0.3) is 0 Å². The lowest BCUT2D eigenvalue weighted by Crippen LogP contribution is -2.37. The minimum atomic E-state index is -0.377. The van der Waals surface area contributed by atoms with Crippen LogP contribution in [-0.4, -0.2) is 32.3 Å². The van der Waals surface area contributed by atoms with Crippen LogP contribution in [0.4, 0.5) is 16.2 Å². The van der Waals surface area contributed by atoms with Crippen LogP contribution in [0.2, 0.25) is 0 Å². The Labute approximate surface area is 101 Å². The Kier molecular flexibility index (Phi) is 3.37. The molecule has 1 atom stereocenters. The molecular weight excluding hydrogens is 218 g/mol. The number of rotatable bonds is 2. The van der Waals surface area contributed by atoms with E-state index in [1.54, 1.807) is 0 Å². The van der Waals surface area contributed by atoms with Gasteiger partial charge in [-0.25, -0.2) is 4.79 Å². The number of hydrogen-bond donors (Lipinski definition) is 2. The Hall–Kier alpha value is -1.91. The number of hydrogen-bond acceptors (Lipinski definition) is 4. The van der Waals surface area contributed by atoms with Crippen molar-refractivity contribution in [1.29, 1.82) is 0 Å². The molecule has 1 fully saturated rings. The highest BCUT2D eigenvalue weighted by molar-refractivity contribution is 5.69. The summed E-state index contributed by atoms with van der Waals surface area (Å²) in [6.07, 6.45) is 0.529. The number of para-hydroxylation sites is 2. The van der Waals surface area contributed by atoms with E-state index in [4.69, 9.17) is 5.73 Å². The van der Waals surface area contributed by atoms with E-state index in [1.807, 2.05) is 24.3 Å². The molecule has 17 heavy (non-hydrogen) atoms. The normalized spacial score (nSPS) is 19.1. The third-order valence-corrected chi connectivity index (χ3v) is 2.97. The first-order valence-electron chi connectivity index (χ1n) is 5.64. The van der Waals surface area contributed by atoms with Crippen molar-refractivity contribution in [1.82, 2.24) is 5.32 Å². The summed E-state index contributed by atoms with van der Waals surface area (Å²) in [6, 6.07) is 7.89. The number of methoxy groups -OCH3 is 1. The lowest BCUT2D eigenvalue weighted by molar-refractivity contribution is 0.167. The molecule has 1 aromatic rings. The van der Waals surface area contributed by atoms with Crippen LogP contribution in [0.15, 0.2) is 24.3 Å². The van der Waals surface area contributed by atoms with Gasteiger partial charge in [0.15, 0.2) is 0 Å². The van der Waals surface area contributed by atoms with E-state index < -0.39 is 0 Å². The highest BCUT2D eigenvalue weighted by atomic mass is 16.5. The summed E-state index contributed by atoms with van der Waals surface area (Å²) >= 11 is 0. The van der Waals surface area contributed by atoms with E-state index >= 15 is 0 Å². The summed E-state index contributed by atoms with van der Waals surface area (Å²) in [5.41, 5.74) is 7.72. The monoisotopic (exact) mass is 235 g/mol. The van der Waals surface area contributed by atoms with Crippen LogP contribution in [0.5, 0.6) is 0 Å². The Morgan fingerprint density at radius 1 is 1.53 bits per heavy atom. The molecule has 2 rings (SSSR count). The van der Waals surface area contributed by atoms with Gasteiger partial charge >= 0.3 is 6.09 Å². The van der Waals surface area contributed by atoms with Crippen LogP contribution in [0.25, 0.3) is 0 Å². The summed E-state index contributed by atoms with van der Waals surface area (Å²) in [7, 11) is 1.37. The fraction of sp³-hybridized carbons (Fsp3) is 0.417. The summed E-state index contributed by atoms with van der Waals surface area (Å²) in [4.78, 5) is 13.3. The standard InChI is InChI=1S/C12H17N3O2/c1-17-12(16)14-9-6-7-15(8-9)11-5-3-2-4-10(11)13/h2-5,9H,6-8,13H2,1H3,(H,14,16). The van der Waals surface area contributed by atoms with Crippen molar-refractivity contribution in [3.05, 3.63) is 24.3 Å². The van der Waals surface area contributed by atoms with Crippen molar-refractivity contribution >= 4 is 17.5 Å². The van der Waals surface area contributed by atoms with Crippen molar-refractivity contribution in [3.8, 4) is 0 Å². The van der Waals surface area contributed by atoms with Gasteiger partial charge in [0.1, 0.15) is 0 Å². The van der Waals surface area contributed by atoms with Crippen LogP contribution in [0.1, 0.15) is 6.42 Å². The smallest absolute Gasteiger partial charge is 0.407 e. The maximum atomic E-state index is 11.1. The SMILES string of the molecule is COC(=O)NC1CCN(c2ccccc2N)C1. The van der Waals surface area contributed by atoms with Gasteiger partial charge < -0.3 is 20.7 Å². The van der Waals surface area contributed by atoms with Crippen molar-refractivity contribution in [2.24, 2.45) is 0 Å². The molecule has 0 saturated carbocycles. The highest BCUT2D eigenvalue weighted by Gasteiger charge is 2.25. The molecule has 5 nitrogen and oxygen atoms in total. The molecule has 0 spiro atoms. The fourth-order valence-electron chi connectivity index (χ4n) is 2.10. The second-order valence-corrected chi connectivity index (χ2v) is 4.13. The molecule has 5 heteroatoms. The van der Waals surface area contributed by atoms with E-state index in [1.165, 1.54) is 7.11 Å². The number of alkyl carbamates (subject to hydrolysis) is 1. The molecule has 1 unspecified atom stereocenters. The average Bonchev–Trinajstić information content (AvgIpc) is 2.78. The number of amides is 1. The summed E-state index contributed by atoms with van der Waals surface area (Å²) in [5, 5.41) is 2.80. The van der Waals surface area contributed by atoms with Gasteiger partial charge in [-0.15, -0.1) is 0 Å². The van der Waals surface area contributed by atoms with Crippen LogP contribution in [0.3, 0.4) is 0 Å². The maximum Gasteiger partial charge on any atom is 0.407 e. The number of carbonyl (C=O) groups is 1. The Balaban J connectivity index is 1.98. The summed E-state index contributed by atoms with van der Waals surface area (Å²) in [5.74, 6) is 0. The predicted octanol–water partition coefficient (Wildman–Crippen LogP) is 1.20. The van der Waals surface area contributed by atoms with Crippen molar-refractivity contribution in [3.63, 3.8) is 0 Å². The molecule has 1 amide bonds. The molecule has 1 saturated heterocycles. The number of nitrogens with zero attached hydrogens (tertiary/aromatic N) is 1. The summed E-state index contributed by atoms with van der Waals surface area (Å²) in [6.45, 7) is 1.66. The Morgan fingerprint density at radius 2 is 2.29 bits per heavy atom. The third kappa shape index (κ3) is 2.61. The molecule has 92 valence electrons.